The number of aryl methyl sites for hydroxylation is 2. The van der Waals surface area contributed by atoms with Crippen molar-refractivity contribution in [2.24, 2.45) is 11.8 Å². The summed E-state index contributed by atoms with van der Waals surface area (Å²) in [6.07, 6.45) is 6.64. The van der Waals surface area contributed by atoms with Crippen molar-refractivity contribution in [3.05, 3.63) is 34.9 Å². The molecule has 1 aromatic rings. The molecule has 0 bridgehead atoms. The van der Waals surface area contributed by atoms with Crippen molar-refractivity contribution in [1.82, 2.24) is 5.32 Å². The monoisotopic (exact) mass is 329 g/mol. The van der Waals surface area contributed by atoms with Gasteiger partial charge in [0, 0.05) is 6.04 Å². The van der Waals surface area contributed by atoms with Gasteiger partial charge >= 0.3 is 5.97 Å². The molecule has 1 N–H and O–H groups in total. The van der Waals surface area contributed by atoms with Gasteiger partial charge in [-0.2, -0.15) is 0 Å². The number of hydrogen-bond acceptors (Lipinski definition) is 3. The highest BCUT2D eigenvalue weighted by Gasteiger charge is 2.28. The lowest BCUT2D eigenvalue weighted by Crippen LogP contribution is -2.45. The summed E-state index contributed by atoms with van der Waals surface area (Å²) in [4.78, 5) is 24.3. The van der Waals surface area contributed by atoms with Gasteiger partial charge in [0.05, 0.1) is 5.56 Å². The third kappa shape index (κ3) is 3.80. The Balaban J connectivity index is 1.50. The number of nitrogens with one attached hydrogen (secondary N) is 1. The molecule has 2 aliphatic carbocycles. The summed E-state index contributed by atoms with van der Waals surface area (Å²) >= 11 is 0. The molecule has 3 rings (SSSR count). The molecule has 4 nitrogen and oxygen atoms in total. The van der Waals surface area contributed by atoms with Gasteiger partial charge < -0.3 is 10.1 Å². The first kappa shape index (κ1) is 17.0. The normalized spacial score (nSPS) is 25.8. The molecule has 24 heavy (non-hydrogen) atoms. The average Bonchev–Trinajstić information content (AvgIpc) is 3.04. The predicted molar refractivity (Wildman–Crippen MR) is 92.9 cm³/mol. The van der Waals surface area contributed by atoms with E-state index in [2.05, 4.69) is 19.2 Å². The van der Waals surface area contributed by atoms with Gasteiger partial charge in [-0.25, -0.2) is 4.79 Å². The summed E-state index contributed by atoms with van der Waals surface area (Å²) < 4.78 is 5.20. The van der Waals surface area contributed by atoms with Crippen LogP contribution in [0.15, 0.2) is 18.2 Å². The number of hydrogen-bond donors (Lipinski definition) is 1. The second kappa shape index (κ2) is 7.37. The minimum Gasteiger partial charge on any atom is -0.452 e. The summed E-state index contributed by atoms with van der Waals surface area (Å²) in [6, 6.07) is 5.91. The fourth-order valence-electron chi connectivity index (χ4n) is 3.95. The summed E-state index contributed by atoms with van der Waals surface area (Å²) in [5.41, 5.74) is 3.10. The maximum atomic E-state index is 12.2. The van der Waals surface area contributed by atoms with Gasteiger partial charge in [0.1, 0.15) is 0 Å². The molecule has 0 aromatic heterocycles. The highest BCUT2D eigenvalue weighted by molar-refractivity contribution is 5.91. The molecule has 0 spiro atoms. The van der Waals surface area contributed by atoms with E-state index in [1.54, 1.807) is 6.07 Å². The van der Waals surface area contributed by atoms with Crippen LogP contribution in [0.2, 0.25) is 0 Å². The van der Waals surface area contributed by atoms with E-state index in [-0.39, 0.29) is 18.6 Å². The van der Waals surface area contributed by atoms with Gasteiger partial charge in [0.2, 0.25) is 0 Å². The summed E-state index contributed by atoms with van der Waals surface area (Å²) in [6.45, 7) is 4.22. The SMILES string of the molecule is C[C@@H]1[C@H](C)CCC[C@H]1NC(=O)COC(=O)c1ccc2c(c1)CCC2. The largest absolute Gasteiger partial charge is 0.452 e. The van der Waals surface area contributed by atoms with Crippen LogP contribution in [0.5, 0.6) is 0 Å². The molecule has 130 valence electrons. The first-order valence-corrected chi connectivity index (χ1v) is 9.13. The fourth-order valence-corrected chi connectivity index (χ4v) is 3.95. The van der Waals surface area contributed by atoms with E-state index < -0.39 is 5.97 Å². The van der Waals surface area contributed by atoms with Crippen LogP contribution in [0.3, 0.4) is 0 Å². The minimum atomic E-state index is -0.412. The molecule has 0 radical (unpaired) electrons. The second-order valence-corrected chi connectivity index (χ2v) is 7.35. The molecule has 0 heterocycles. The zero-order valence-corrected chi connectivity index (χ0v) is 14.6. The van der Waals surface area contributed by atoms with Crippen molar-refractivity contribution >= 4 is 11.9 Å². The molecule has 0 unspecified atom stereocenters. The van der Waals surface area contributed by atoms with Crippen LogP contribution >= 0.6 is 0 Å². The molecular formula is C20H27NO3. The molecule has 1 fully saturated rings. The lowest BCUT2D eigenvalue weighted by molar-refractivity contribution is -0.125. The number of ether oxygens (including phenoxy) is 1. The Morgan fingerprint density at radius 1 is 1.12 bits per heavy atom. The molecule has 0 aliphatic heterocycles. The Morgan fingerprint density at radius 3 is 2.75 bits per heavy atom. The lowest BCUT2D eigenvalue weighted by Gasteiger charge is -2.34. The van der Waals surface area contributed by atoms with Gasteiger partial charge in [0.15, 0.2) is 6.61 Å². The van der Waals surface area contributed by atoms with E-state index in [1.807, 2.05) is 12.1 Å². The molecule has 1 aromatic carbocycles. The number of rotatable bonds is 4. The first-order chi connectivity index (χ1) is 11.5. The van der Waals surface area contributed by atoms with E-state index >= 15 is 0 Å². The van der Waals surface area contributed by atoms with Gasteiger partial charge in [0.25, 0.3) is 5.91 Å². The van der Waals surface area contributed by atoms with E-state index in [9.17, 15) is 9.59 Å². The molecule has 1 amide bonds. The van der Waals surface area contributed by atoms with Gasteiger partial charge in [-0.3, -0.25) is 4.79 Å². The standard InChI is InChI=1S/C20H27NO3/c1-13-5-3-8-18(14(13)2)21-19(22)12-24-20(23)17-10-9-15-6-4-7-16(15)11-17/h9-11,13-14,18H,3-8,12H2,1-2H3,(H,21,22)/t13-,14-,18-/m1/s1. The van der Waals surface area contributed by atoms with E-state index in [4.69, 9.17) is 4.74 Å². The van der Waals surface area contributed by atoms with Crippen molar-refractivity contribution in [2.45, 2.75) is 58.4 Å². The van der Waals surface area contributed by atoms with Crippen LogP contribution in [-0.4, -0.2) is 24.5 Å². The van der Waals surface area contributed by atoms with Crippen LogP contribution in [0.4, 0.5) is 0 Å². The van der Waals surface area contributed by atoms with Gasteiger partial charge in [-0.05, 0) is 60.8 Å². The number of amides is 1. The Morgan fingerprint density at radius 2 is 1.92 bits per heavy atom. The Labute approximate surface area is 144 Å². The zero-order chi connectivity index (χ0) is 17.1. The van der Waals surface area contributed by atoms with Crippen molar-refractivity contribution in [1.29, 1.82) is 0 Å². The van der Waals surface area contributed by atoms with Crippen molar-refractivity contribution in [2.75, 3.05) is 6.61 Å². The van der Waals surface area contributed by atoms with Gasteiger partial charge in [-0.15, -0.1) is 0 Å². The van der Waals surface area contributed by atoms with Crippen molar-refractivity contribution in [3.63, 3.8) is 0 Å². The smallest absolute Gasteiger partial charge is 0.338 e. The van der Waals surface area contributed by atoms with Crippen LogP contribution < -0.4 is 5.32 Å². The number of carbonyl (C=O) groups is 2. The van der Waals surface area contributed by atoms with Crippen LogP contribution in [-0.2, 0) is 22.4 Å². The lowest BCUT2D eigenvalue weighted by atomic mass is 9.78. The van der Waals surface area contributed by atoms with Crippen LogP contribution in [0.1, 0.15) is 61.0 Å². The average molecular weight is 329 g/mol. The van der Waals surface area contributed by atoms with Crippen molar-refractivity contribution in [3.8, 4) is 0 Å². The maximum absolute atomic E-state index is 12.2. The van der Waals surface area contributed by atoms with Crippen LogP contribution in [0, 0.1) is 11.8 Å². The minimum absolute atomic E-state index is 0.194. The highest BCUT2D eigenvalue weighted by atomic mass is 16.5. The Bertz CT molecular complexity index is 625. The van der Waals surface area contributed by atoms with Crippen molar-refractivity contribution < 1.29 is 14.3 Å². The molecule has 2 aliphatic rings. The summed E-state index contributed by atoms with van der Waals surface area (Å²) in [5.74, 6) is 0.480. The number of carbonyl (C=O) groups excluding carboxylic acids is 2. The van der Waals surface area contributed by atoms with E-state index in [0.717, 1.165) is 32.1 Å². The Kier molecular flexibility index (Phi) is 5.22. The topological polar surface area (TPSA) is 55.4 Å². The molecular weight excluding hydrogens is 302 g/mol. The molecule has 3 atom stereocenters. The van der Waals surface area contributed by atoms with Gasteiger partial charge in [-0.1, -0.05) is 32.8 Å². The fraction of sp³-hybridized carbons (Fsp3) is 0.600. The molecule has 4 heteroatoms. The second-order valence-electron chi connectivity index (χ2n) is 7.35. The number of esters is 1. The quantitative estimate of drug-likeness (QED) is 0.863. The first-order valence-electron chi connectivity index (χ1n) is 9.13. The predicted octanol–water partition coefficient (Wildman–Crippen LogP) is 3.27. The summed E-state index contributed by atoms with van der Waals surface area (Å²) in [5, 5.41) is 3.03. The zero-order valence-electron chi connectivity index (χ0n) is 14.6. The molecule has 1 saturated carbocycles. The van der Waals surface area contributed by atoms with E-state index in [0.29, 0.717) is 17.4 Å². The number of benzene rings is 1. The van der Waals surface area contributed by atoms with E-state index in [1.165, 1.54) is 17.5 Å². The Hall–Kier alpha value is -1.84. The van der Waals surface area contributed by atoms with Crippen LogP contribution in [0.25, 0.3) is 0 Å². The maximum Gasteiger partial charge on any atom is 0.338 e. The summed E-state index contributed by atoms with van der Waals surface area (Å²) in [7, 11) is 0. The third-order valence-electron chi connectivity index (χ3n) is 5.72. The number of fused-ring (bicyclic) bond motifs is 1. The molecule has 0 saturated heterocycles. The third-order valence-corrected chi connectivity index (χ3v) is 5.72. The highest BCUT2D eigenvalue weighted by Crippen LogP contribution is 2.29.